The van der Waals surface area contributed by atoms with Crippen molar-refractivity contribution in [1.29, 1.82) is 0 Å². The molecule has 0 aromatic heterocycles. The van der Waals surface area contributed by atoms with Crippen LogP contribution in [0.15, 0.2) is 18.2 Å². The van der Waals surface area contributed by atoms with Crippen molar-refractivity contribution < 1.29 is 42.8 Å². The van der Waals surface area contributed by atoms with E-state index in [2.05, 4.69) is 16.0 Å². The minimum Gasteiger partial charge on any atom is -0.490 e. The summed E-state index contributed by atoms with van der Waals surface area (Å²) in [5, 5.41) is 6.98. The number of hydrogen-bond donors (Lipinski definition) is 3. The summed E-state index contributed by atoms with van der Waals surface area (Å²) >= 11 is 0. The highest BCUT2D eigenvalue weighted by Crippen LogP contribution is 2.28. The zero-order valence-electron chi connectivity index (χ0n) is 17.1. The summed E-state index contributed by atoms with van der Waals surface area (Å²) in [6.07, 6.45) is -1.69. The maximum Gasteiger partial charge on any atom is 0.406 e. The van der Waals surface area contributed by atoms with Gasteiger partial charge >= 0.3 is 18.3 Å². The summed E-state index contributed by atoms with van der Waals surface area (Å²) in [6.45, 7) is 0.449. The Balaban J connectivity index is 2.63. The molecule has 0 bridgehead atoms. The van der Waals surface area contributed by atoms with Gasteiger partial charge in [0.05, 0.1) is 0 Å². The molecule has 12 heteroatoms. The number of ether oxygens (including phenoxy) is 6. The van der Waals surface area contributed by atoms with E-state index in [1.165, 1.54) is 21.1 Å². The van der Waals surface area contributed by atoms with E-state index in [1.54, 1.807) is 18.2 Å². The summed E-state index contributed by atoms with van der Waals surface area (Å²) in [4.78, 5) is 33.2. The Labute approximate surface area is 174 Å². The zero-order chi connectivity index (χ0) is 22.2. The predicted octanol–water partition coefficient (Wildman–Crippen LogP) is 0.891. The van der Waals surface area contributed by atoms with Crippen LogP contribution in [0.2, 0.25) is 0 Å². The molecular formula is C18H27N3O9. The largest absolute Gasteiger partial charge is 0.490 e. The molecule has 0 saturated carbocycles. The lowest BCUT2D eigenvalue weighted by Gasteiger charge is -2.13. The van der Waals surface area contributed by atoms with Crippen LogP contribution in [0.5, 0.6) is 17.2 Å². The van der Waals surface area contributed by atoms with Crippen molar-refractivity contribution in [3.63, 3.8) is 0 Å². The molecule has 0 unspecified atom stereocenters. The number of rotatable bonds is 12. The average molecular weight is 429 g/mol. The SMILES string of the molecule is CNC(=O)OCCOc1cc(OCCOC(=O)NC)cc(OCCOC(=O)NC)c1. The van der Waals surface area contributed by atoms with E-state index in [9.17, 15) is 14.4 Å². The summed E-state index contributed by atoms with van der Waals surface area (Å²) in [5.41, 5.74) is 0. The molecule has 3 amide bonds. The lowest BCUT2D eigenvalue weighted by molar-refractivity contribution is 0.123. The third-order valence-electron chi connectivity index (χ3n) is 3.22. The van der Waals surface area contributed by atoms with Gasteiger partial charge in [-0.15, -0.1) is 0 Å². The summed E-state index contributed by atoms with van der Waals surface area (Å²) in [6, 6.07) is 4.81. The molecule has 30 heavy (non-hydrogen) atoms. The highest BCUT2D eigenvalue weighted by atomic mass is 16.6. The molecule has 0 spiro atoms. The van der Waals surface area contributed by atoms with Crippen LogP contribution in [0.4, 0.5) is 14.4 Å². The van der Waals surface area contributed by atoms with Crippen molar-refractivity contribution in [2.45, 2.75) is 0 Å². The first-order valence-corrected chi connectivity index (χ1v) is 9.05. The number of alkyl carbamates (subject to hydrolysis) is 3. The fourth-order valence-electron chi connectivity index (χ4n) is 1.89. The van der Waals surface area contributed by atoms with Crippen LogP contribution in [0.1, 0.15) is 0 Å². The van der Waals surface area contributed by atoms with Gasteiger partial charge < -0.3 is 44.4 Å². The standard InChI is InChI=1S/C18H27N3O9/c1-19-16(22)28-7-4-25-13-10-14(26-5-8-29-17(23)20-2)12-15(11-13)27-6-9-30-18(24)21-3/h10-12H,4-9H2,1-3H3,(H,19,22)(H,20,23)(H,21,24). The van der Waals surface area contributed by atoms with Crippen LogP contribution in [-0.4, -0.2) is 79.1 Å². The molecule has 3 N–H and O–H groups in total. The molecule has 168 valence electrons. The lowest BCUT2D eigenvalue weighted by Crippen LogP contribution is -2.22. The second-order valence-electron chi connectivity index (χ2n) is 5.34. The Hall–Kier alpha value is -3.57. The van der Waals surface area contributed by atoms with E-state index < -0.39 is 18.3 Å². The lowest BCUT2D eigenvalue weighted by atomic mass is 10.3. The third kappa shape index (κ3) is 10.7. The predicted molar refractivity (Wildman–Crippen MR) is 104 cm³/mol. The van der Waals surface area contributed by atoms with Crippen molar-refractivity contribution in [2.24, 2.45) is 0 Å². The summed E-state index contributed by atoms with van der Waals surface area (Å²) in [5.74, 6) is 1.22. The molecule has 0 saturated heterocycles. The summed E-state index contributed by atoms with van der Waals surface area (Å²) in [7, 11) is 4.36. The van der Waals surface area contributed by atoms with E-state index in [0.29, 0.717) is 17.2 Å². The van der Waals surface area contributed by atoms with Crippen LogP contribution < -0.4 is 30.2 Å². The second-order valence-corrected chi connectivity index (χ2v) is 5.34. The first kappa shape index (κ1) is 24.5. The molecule has 0 heterocycles. The van der Waals surface area contributed by atoms with Gasteiger partial charge in [-0.05, 0) is 0 Å². The van der Waals surface area contributed by atoms with Gasteiger partial charge in [-0.3, -0.25) is 0 Å². The van der Waals surface area contributed by atoms with E-state index >= 15 is 0 Å². The number of amides is 3. The van der Waals surface area contributed by atoms with E-state index in [1.807, 2.05) is 0 Å². The molecule has 12 nitrogen and oxygen atoms in total. The molecule has 1 aromatic rings. The van der Waals surface area contributed by atoms with Gasteiger partial charge in [-0.1, -0.05) is 0 Å². The Morgan fingerprint density at radius 2 is 0.833 bits per heavy atom. The second kappa shape index (κ2) is 14.4. The van der Waals surface area contributed by atoms with Crippen molar-refractivity contribution in [2.75, 3.05) is 60.8 Å². The quantitative estimate of drug-likeness (QED) is 0.326. The molecule has 1 aromatic carbocycles. The molecule has 0 fully saturated rings. The Morgan fingerprint density at radius 3 is 1.07 bits per heavy atom. The van der Waals surface area contributed by atoms with Gasteiger partial charge in [0.2, 0.25) is 0 Å². The average Bonchev–Trinajstić information content (AvgIpc) is 2.76. The van der Waals surface area contributed by atoms with E-state index in [4.69, 9.17) is 28.4 Å². The van der Waals surface area contributed by atoms with Crippen LogP contribution >= 0.6 is 0 Å². The highest BCUT2D eigenvalue weighted by Gasteiger charge is 2.07. The molecular weight excluding hydrogens is 402 g/mol. The van der Waals surface area contributed by atoms with Crippen molar-refractivity contribution in [3.05, 3.63) is 18.2 Å². The van der Waals surface area contributed by atoms with Crippen LogP contribution in [0.3, 0.4) is 0 Å². The fourth-order valence-corrected chi connectivity index (χ4v) is 1.89. The van der Waals surface area contributed by atoms with Crippen LogP contribution in [0, 0.1) is 0 Å². The van der Waals surface area contributed by atoms with Crippen molar-refractivity contribution >= 4 is 18.3 Å². The molecule has 0 radical (unpaired) electrons. The first-order chi connectivity index (χ1) is 14.5. The normalized spacial score (nSPS) is 9.70. The molecule has 0 aliphatic heterocycles. The van der Waals surface area contributed by atoms with Gasteiger partial charge in [0, 0.05) is 39.3 Å². The zero-order valence-corrected chi connectivity index (χ0v) is 17.1. The monoisotopic (exact) mass is 429 g/mol. The summed E-state index contributed by atoms with van der Waals surface area (Å²) < 4.78 is 31.2. The molecule has 0 aliphatic rings. The van der Waals surface area contributed by atoms with Gasteiger partial charge in [-0.25, -0.2) is 14.4 Å². The van der Waals surface area contributed by atoms with Crippen molar-refractivity contribution in [3.8, 4) is 17.2 Å². The Morgan fingerprint density at radius 1 is 0.567 bits per heavy atom. The molecule has 0 aliphatic carbocycles. The Kier molecular flexibility index (Phi) is 11.8. The van der Waals surface area contributed by atoms with Gasteiger partial charge in [0.1, 0.15) is 56.9 Å². The topological polar surface area (TPSA) is 143 Å². The third-order valence-corrected chi connectivity index (χ3v) is 3.22. The first-order valence-electron chi connectivity index (χ1n) is 9.05. The number of carbonyl (C=O) groups is 3. The fraction of sp³-hybridized carbons (Fsp3) is 0.500. The number of nitrogens with one attached hydrogen (secondary N) is 3. The van der Waals surface area contributed by atoms with E-state index in [0.717, 1.165) is 0 Å². The smallest absolute Gasteiger partial charge is 0.406 e. The van der Waals surface area contributed by atoms with Gasteiger partial charge in [0.15, 0.2) is 0 Å². The highest BCUT2D eigenvalue weighted by molar-refractivity contribution is 5.67. The number of carbonyl (C=O) groups excluding carboxylic acids is 3. The minimum absolute atomic E-state index is 0.0425. The minimum atomic E-state index is -0.563. The molecule has 1 rings (SSSR count). The Bertz CT molecular complexity index is 582. The van der Waals surface area contributed by atoms with Crippen LogP contribution in [-0.2, 0) is 14.2 Å². The van der Waals surface area contributed by atoms with Crippen molar-refractivity contribution in [1.82, 2.24) is 16.0 Å². The number of benzene rings is 1. The van der Waals surface area contributed by atoms with Gasteiger partial charge in [0.25, 0.3) is 0 Å². The maximum absolute atomic E-state index is 11.1. The van der Waals surface area contributed by atoms with Crippen LogP contribution in [0.25, 0.3) is 0 Å². The maximum atomic E-state index is 11.1. The molecule has 0 atom stereocenters. The van der Waals surface area contributed by atoms with Gasteiger partial charge in [-0.2, -0.15) is 0 Å². The number of hydrogen-bond acceptors (Lipinski definition) is 9. The van der Waals surface area contributed by atoms with E-state index in [-0.39, 0.29) is 39.6 Å².